The van der Waals surface area contributed by atoms with Crippen LogP contribution >= 0.6 is 11.6 Å². The minimum Gasteiger partial charge on any atom is -0.267 e. The second kappa shape index (κ2) is 6.55. The number of amides is 2. The first-order chi connectivity index (χ1) is 10.1. The molecule has 0 aliphatic rings. The van der Waals surface area contributed by atoms with Crippen LogP contribution in [0.25, 0.3) is 0 Å². The number of hydrazine groups is 1. The van der Waals surface area contributed by atoms with Crippen LogP contribution in [0.3, 0.4) is 0 Å². The highest BCUT2D eigenvalue weighted by molar-refractivity contribution is 6.30. The van der Waals surface area contributed by atoms with Crippen LogP contribution in [0.2, 0.25) is 5.02 Å². The third kappa shape index (κ3) is 3.81. The van der Waals surface area contributed by atoms with Crippen molar-refractivity contribution >= 4 is 23.4 Å². The van der Waals surface area contributed by atoms with E-state index in [1.807, 2.05) is 6.07 Å². The van der Waals surface area contributed by atoms with Crippen LogP contribution < -0.4 is 10.9 Å². The van der Waals surface area contributed by atoms with Gasteiger partial charge in [0.05, 0.1) is 11.6 Å². The molecule has 2 rings (SSSR count). The highest BCUT2D eigenvalue weighted by Gasteiger charge is 2.08. The van der Waals surface area contributed by atoms with Crippen LogP contribution in [0.5, 0.6) is 0 Å². The van der Waals surface area contributed by atoms with Crippen molar-refractivity contribution < 1.29 is 9.59 Å². The minimum absolute atomic E-state index is 0.338. The number of benzene rings is 2. The van der Waals surface area contributed by atoms with Gasteiger partial charge >= 0.3 is 0 Å². The number of nitriles is 1. The molecular formula is C15H10ClN3O2. The fourth-order valence-corrected chi connectivity index (χ4v) is 1.68. The van der Waals surface area contributed by atoms with Gasteiger partial charge in [-0.15, -0.1) is 0 Å². The normalized spacial score (nSPS) is 9.52. The summed E-state index contributed by atoms with van der Waals surface area (Å²) >= 11 is 5.72. The molecule has 0 unspecified atom stereocenters. The van der Waals surface area contributed by atoms with Gasteiger partial charge in [0.2, 0.25) is 0 Å². The Morgan fingerprint density at radius 2 is 1.29 bits per heavy atom. The number of nitrogens with zero attached hydrogens (tertiary/aromatic N) is 1. The first-order valence-corrected chi connectivity index (χ1v) is 6.34. The van der Waals surface area contributed by atoms with Gasteiger partial charge in [0.1, 0.15) is 0 Å². The maximum absolute atomic E-state index is 11.8. The molecule has 0 radical (unpaired) electrons. The molecule has 0 saturated heterocycles. The van der Waals surface area contributed by atoms with Gasteiger partial charge in [0, 0.05) is 16.1 Å². The van der Waals surface area contributed by atoms with Gasteiger partial charge in [-0.1, -0.05) is 11.6 Å². The van der Waals surface area contributed by atoms with Gasteiger partial charge < -0.3 is 0 Å². The lowest BCUT2D eigenvalue weighted by atomic mass is 10.1. The van der Waals surface area contributed by atoms with E-state index in [9.17, 15) is 9.59 Å². The van der Waals surface area contributed by atoms with Crippen LogP contribution in [0.1, 0.15) is 26.3 Å². The van der Waals surface area contributed by atoms with Crippen molar-refractivity contribution in [3.8, 4) is 6.07 Å². The molecule has 21 heavy (non-hydrogen) atoms. The number of hydrogen-bond donors (Lipinski definition) is 2. The Balaban J connectivity index is 1.95. The molecule has 0 spiro atoms. The van der Waals surface area contributed by atoms with Crippen molar-refractivity contribution in [2.75, 3.05) is 0 Å². The number of halogens is 1. The number of nitrogens with one attached hydrogen (secondary N) is 2. The third-order valence-corrected chi connectivity index (χ3v) is 2.92. The van der Waals surface area contributed by atoms with Crippen molar-refractivity contribution in [3.63, 3.8) is 0 Å². The van der Waals surface area contributed by atoms with Crippen molar-refractivity contribution in [1.29, 1.82) is 5.26 Å². The monoisotopic (exact) mass is 299 g/mol. The summed E-state index contributed by atoms with van der Waals surface area (Å²) in [6, 6.07) is 14.3. The maximum Gasteiger partial charge on any atom is 0.269 e. The summed E-state index contributed by atoms with van der Waals surface area (Å²) in [6.07, 6.45) is 0. The molecule has 104 valence electrons. The van der Waals surface area contributed by atoms with Crippen LogP contribution in [0.15, 0.2) is 48.5 Å². The zero-order chi connectivity index (χ0) is 15.2. The number of hydrogen-bond acceptors (Lipinski definition) is 3. The van der Waals surface area contributed by atoms with Gasteiger partial charge in [-0.3, -0.25) is 20.4 Å². The third-order valence-electron chi connectivity index (χ3n) is 2.67. The number of rotatable bonds is 2. The SMILES string of the molecule is N#Cc1ccc(C(=O)NNC(=O)c2ccc(Cl)cc2)cc1. The Bertz CT molecular complexity index is 703. The Labute approximate surface area is 126 Å². The summed E-state index contributed by atoms with van der Waals surface area (Å²) in [5.41, 5.74) is 5.76. The molecule has 6 heteroatoms. The second-order valence-corrected chi connectivity index (χ2v) is 4.54. The van der Waals surface area contributed by atoms with Crippen LogP contribution in [0.4, 0.5) is 0 Å². The highest BCUT2D eigenvalue weighted by Crippen LogP contribution is 2.09. The molecule has 0 aliphatic heterocycles. The molecule has 0 aliphatic carbocycles. The summed E-state index contributed by atoms with van der Waals surface area (Å²) in [5.74, 6) is -0.921. The first-order valence-electron chi connectivity index (χ1n) is 5.96. The second-order valence-electron chi connectivity index (χ2n) is 4.10. The predicted molar refractivity (Wildman–Crippen MR) is 77.5 cm³/mol. The molecule has 0 bridgehead atoms. The minimum atomic E-state index is -0.471. The van der Waals surface area contributed by atoms with E-state index in [4.69, 9.17) is 16.9 Å². The Morgan fingerprint density at radius 3 is 1.71 bits per heavy atom. The highest BCUT2D eigenvalue weighted by atomic mass is 35.5. The lowest BCUT2D eigenvalue weighted by Gasteiger charge is -2.07. The van der Waals surface area contributed by atoms with E-state index in [0.717, 1.165) is 0 Å². The van der Waals surface area contributed by atoms with Crippen LogP contribution in [-0.2, 0) is 0 Å². The molecule has 0 aromatic heterocycles. The van der Waals surface area contributed by atoms with Gasteiger partial charge in [0.15, 0.2) is 0 Å². The predicted octanol–water partition coefficient (Wildman–Crippen LogP) is 2.29. The quantitative estimate of drug-likeness (QED) is 0.835. The topological polar surface area (TPSA) is 82.0 Å². The molecule has 0 atom stereocenters. The Kier molecular flexibility index (Phi) is 4.54. The van der Waals surface area contributed by atoms with E-state index < -0.39 is 11.8 Å². The van der Waals surface area contributed by atoms with E-state index in [2.05, 4.69) is 10.9 Å². The standard InChI is InChI=1S/C15H10ClN3O2/c16-13-7-5-12(6-8-13)15(21)19-18-14(20)11-3-1-10(9-17)2-4-11/h1-8H,(H,18,20)(H,19,21). The molecular weight excluding hydrogens is 290 g/mol. The molecule has 2 amide bonds. The van der Waals surface area contributed by atoms with Crippen LogP contribution in [-0.4, -0.2) is 11.8 Å². The van der Waals surface area contributed by atoms with E-state index in [1.165, 1.54) is 24.3 Å². The van der Waals surface area contributed by atoms with Crippen molar-refractivity contribution in [1.82, 2.24) is 10.9 Å². The van der Waals surface area contributed by atoms with Crippen molar-refractivity contribution in [2.45, 2.75) is 0 Å². The number of carbonyl (C=O) groups excluding carboxylic acids is 2. The molecule has 0 heterocycles. The molecule has 0 fully saturated rings. The Morgan fingerprint density at radius 1 is 0.857 bits per heavy atom. The van der Waals surface area contributed by atoms with E-state index in [-0.39, 0.29) is 0 Å². The van der Waals surface area contributed by atoms with E-state index in [1.54, 1.807) is 24.3 Å². The van der Waals surface area contributed by atoms with Crippen LogP contribution in [0, 0.1) is 11.3 Å². The first kappa shape index (κ1) is 14.6. The Hall–Kier alpha value is -2.84. The lowest BCUT2D eigenvalue weighted by Crippen LogP contribution is -2.41. The fraction of sp³-hybridized carbons (Fsp3) is 0. The molecule has 2 aromatic rings. The lowest BCUT2D eigenvalue weighted by molar-refractivity contribution is 0.0846. The smallest absolute Gasteiger partial charge is 0.267 e. The zero-order valence-electron chi connectivity index (χ0n) is 10.8. The van der Waals surface area contributed by atoms with E-state index >= 15 is 0 Å². The average Bonchev–Trinajstić information content (AvgIpc) is 2.53. The maximum atomic E-state index is 11.8. The van der Waals surface area contributed by atoms with E-state index in [0.29, 0.717) is 21.7 Å². The fourth-order valence-electron chi connectivity index (χ4n) is 1.56. The van der Waals surface area contributed by atoms with Gasteiger partial charge in [-0.25, -0.2) is 0 Å². The molecule has 5 nitrogen and oxygen atoms in total. The summed E-state index contributed by atoms with van der Waals surface area (Å²) in [7, 11) is 0. The molecule has 2 aromatic carbocycles. The molecule has 2 N–H and O–H groups in total. The summed E-state index contributed by atoms with van der Waals surface area (Å²) in [4.78, 5) is 23.6. The van der Waals surface area contributed by atoms with Gasteiger partial charge in [-0.2, -0.15) is 5.26 Å². The summed E-state index contributed by atoms with van der Waals surface area (Å²) in [6.45, 7) is 0. The largest absolute Gasteiger partial charge is 0.269 e. The van der Waals surface area contributed by atoms with Gasteiger partial charge in [-0.05, 0) is 48.5 Å². The molecule has 0 saturated carbocycles. The summed E-state index contributed by atoms with van der Waals surface area (Å²) in [5, 5.41) is 9.19. The van der Waals surface area contributed by atoms with Gasteiger partial charge in [0.25, 0.3) is 11.8 Å². The average molecular weight is 300 g/mol. The zero-order valence-corrected chi connectivity index (χ0v) is 11.5. The summed E-state index contributed by atoms with van der Waals surface area (Å²) < 4.78 is 0. The van der Waals surface area contributed by atoms with Crippen molar-refractivity contribution in [2.24, 2.45) is 0 Å². The number of carbonyl (C=O) groups is 2. The van der Waals surface area contributed by atoms with Crippen molar-refractivity contribution in [3.05, 3.63) is 70.2 Å².